The monoisotopic (exact) mass is 327 g/mol. The van der Waals surface area contributed by atoms with E-state index in [1.807, 2.05) is 13.8 Å². The third-order valence-corrected chi connectivity index (χ3v) is 3.74. The summed E-state index contributed by atoms with van der Waals surface area (Å²) >= 11 is 0. The van der Waals surface area contributed by atoms with E-state index in [4.69, 9.17) is 0 Å². The molecule has 0 atom stereocenters. The van der Waals surface area contributed by atoms with Crippen molar-refractivity contribution in [3.05, 3.63) is 23.8 Å². The van der Waals surface area contributed by atoms with Gasteiger partial charge in [0.15, 0.2) is 0 Å². The molecule has 1 N–H and O–H groups in total. The number of carbonyl (C=O) groups is 2. The number of H-pyrrole nitrogens is 1. The number of hydrogen-bond donors (Lipinski definition) is 1. The number of imidazole rings is 1. The molecule has 0 saturated carbocycles. The molecule has 124 valence electrons. The molecule has 0 saturated heterocycles. The largest absolute Gasteiger partial charge is 0.321 e. The van der Waals surface area contributed by atoms with Crippen LogP contribution in [0.1, 0.15) is 32.0 Å². The zero-order valence-electron chi connectivity index (χ0n) is 13.9. The molecule has 0 spiro atoms. The minimum Gasteiger partial charge on any atom is -0.321 e. The standard InChI is InChI=1S/C15H17N7O2/c1-5-11-8(2)16-6-12-13(11)20-14(19-12)22-15(17-7-18-22)21(9(3)23)10(4)24/h6-7H,5H2,1-4H3,(H,19,20). The quantitative estimate of drug-likeness (QED) is 0.776. The summed E-state index contributed by atoms with van der Waals surface area (Å²) in [6, 6.07) is 0. The van der Waals surface area contributed by atoms with Crippen LogP contribution in [0, 0.1) is 6.92 Å². The van der Waals surface area contributed by atoms with E-state index in [2.05, 4.69) is 25.0 Å². The second-order valence-corrected chi connectivity index (χ2v) is 5.34. The molecule has 0 aliphatic heterocycles. The number of nitrogens with zero attached hydrogens (tertiary/aromatic N) is 6. The number of anilines is 1. The van der Waals surface area contributed by atoms with E-state index in [0.29, 0.717) is 5.95 Å². The van der Waals surface area contributed by atoms with E-state index in [0.717, 1.165) is 33.6 Å². The van der Waals surface area contributed by atoms with Crippen LogP contribution in [0.5, 0.6) is 0 Å². The highest BCUT2D eigenvalue weighted by atomic mass is 16.2. The molecule has 0 aromatic carbocycles. The molecule has 3 aromatic rings. The lowest BCUT2D eigenvalue weighted by molar-refractivity contribution is -0.124. The van der Waals surface area contributed by atoms with Crippen molar-refractivity contribution in [2.24, 2.45) is 0 Å². The Balaban J connectivity index is 2.18. The van der Waals surface area contributed by atoms with Crippen molar-refractivity contribution in [1.29, 1.82) is 0 Å². The van der Waals surface area contributed by atoms with Gasteiger partial charge in [-0.15, -0.1) is 0 Å². The summed E-state index contributed by atoms with van der Waals surface area (Å²) in [5, 5.41) is 4.09. The van der Waals surface area contributed by atoms with E-state index in [-0.39, 0.29) is 5.95 Å². The lowest BCUT2D eigenvalue weighted by atomic mass is 10.1. The van der Waals surface area contributed by atoms with E-state index in [9.17, 15) is 9.59 Å². The van der Waals surface area contributed by atoms with Crippen LogP contribution in [-0.4, -0.2) is 41.5 Å². The minimum absolute atomic E-state index is 0.0942. The first-order valence-corrected chi connectivity index (χ1v) is 7.49. The van der Waals surface area contributed by atoms with Crippen molar-refractivity contribution in [1.82, 2.24) is 29.7 Å². The highest BCUT2D eigenvalue weighted by Crippen LogP contribution is 2.22. The molecular formula is C15H17N7O2. The van der Waals surface area contributed by atoms with Crippen molar-refractivity contribution in [3.63, 3.8) is 0 Å². The third kappa shape index (κ3) is 2.43. The van der Waals surface area contributed by atoms with Crippen LogP contribution in [0.3, 0.4) is 0 Å². The molecule has 0 unspecified atom stereocenters. The molecule has 0 radical (unpaired) electrons. The zero-order valence-corrected chi connectivity index (χ0v) is 13.9. The van der Waals surface area contributed by atoms with Gasteiger partial charge in [0, 0.05) is 25.1 Å². The number of nitrogens with one attached hydrogen (secondary N) is 1. The SMILES string of the molecule is CCc1c(C)ncc2[nH]c(-n3ncnc3N(C(C)=O)C(C)=O)nc12. The van der Waals surface area contributed by atoms with E-state index in [1.54, 1.807) is 6.20 Å². The Hall–Kier alpha value is -3.10. The smallest absolute Gasteiger partial charge is 0.245 e. The third-order valence-electron chi connectivity index (χ3n) is 3.74. The number of rotatable bonds is 3. The zero-order chi connectivity index (χ0) is 17.4. The Morgan fingerprint density at radius 2 is 1.96 bits per heavy atom. The Morgan fingerprint density at radius 1 is 1.25 bits per heavy atom. The summed E-state index contributed by atoms with van der Waals surface area (Å²) in [7, 11) is 0. The van der Waals surface area contributed by atoms with Gasteiger partial charge in [0.1, 0.15) is 6.33 Å². The molecule has 9 heteroatoms. The van der Waals surface area contributed by atoms with Crippen LogP contribution in [0.15, 0.2) is 12.5 Å². The Labute approximate surface area is 137 Å². The fourth-order valence-electron chi connectivity index (χ4n) is 2.67. The summed E-state index contributed by atoms with van der Waals surface area (Å²) < 4.78 is 1.33. The number of fused-ring (bicyclic) bond motifs is 1. The minimum atomic E-state index is -0.445. The second kappa shape index (κ2) is 5.84. The summed E-state index contributed by atoms with van der Waals surface area (Å²) in [6.07, 6.45) is 3.76. The molecule has 24 heavy (non-hydrogen) atoms. The van der Waals surface area contributed by atoms with Crippen molar-refractivity contribution >= 4 is 28.8 Å². The van der Waals surface area contributed by atoms with Gasteiger partial charge in [0.25, 0.3) is 0 Å². The maximum absolute atomic E-state index is 11.8. The van der Waals surface area contributed by atoms with Gasteiger partial charge >= 0.3 is 0 Å². The van der Waals surface area contributed by atoms with Crippen LogP contribution in [0.2, 0.25) is 0 Å². The number of imide groups is 1. The molecule has 0 aliphatic carbocycles. The molecule has 0 fully saturated rings. The summed E-state index contributed by atoms with van der Waals surface area (Å²) in [5.41, 5.74) is 3.49. The van der Waals surface area contributed by atoms with Crippen LogP contribution in [-0.2, 0) is 16.0 Å². The van der Waals surface area contributed by atoms with Gasteiger partial charge < -0.3 is 4.98 Å². The van der Waals surface area contributed by atoms with E-state index < -0.39 is 11.8 Å². The predicted molar refractivity (Wildman–Crippen MR) is 86.8 cm³/mol. The average molecular weight is 327 g/mol. The number of aromatic nitrogens is 6. The fourth-order valence-corrected chi connectivity index (χ4v) is 2.67. The second-order valence-electron chi connectivity index (χ2n) is 5.34. The van der Waals surface area contributed by atoms with Crippen LogP contribution >= 0.6 is 0 Å². The van der Waals surface area contributed by atoms with Gasteiger partial charge in [-0.1, -0.05) is 6.92 Å². The summed E-state index contributed by atoms with van der Waals surface area (Å²) in [6.45, 7) is 6.55. The number of carbonyl (C=O) groups excluding carboxylic acids is 2. The maximum atomic E-state index is 11.8. The predicted octanol–water partition coefficient (Wildman–Crippen LogP) is 1.31. The number of aromatic amines is 1. The molecule has 9 nitrogen and oxygen atoms in total. The topological polar surface area (TPSA) is 110 Å². The Bertz CT molecular complexity index is 927. The molecule has 3 heterocycles. The summed E-state index contributed by atoms with van der Waals surface area (Å²) in [5.74, 6) is -0.428. The first kappa shape index (κ1) is 15.8. The maximum Gasteiger partial charge on any atom is 0.245 e. The van der Waals surface area contributed by atoms with Gasteiger partial charge in [0.2, 0.25) is 23.7 Å². The van der Waals surface area contributed by atoms with Gasteiger partial charge in [-0.25, -0.2) is 9.88 Å². The summed E-state index contributed by atoms with van der Waals surface area (Å²) in [4.78, 5) is 40.5. The average Bonchev–Trinajstić information content (AvgIpc) is 3.12. The lowest BCUT2D eigenvalue weighted by Crippen LogP contribution is -2.35. The molecule has 0 aliphatic rings. The lowest BCUT2D eigenvalue weighted by Gasteiger charge is -2.15. The first-order chi connectivity index (χ1) is 11.4. The van der Waals surface area contributed by atoms with Crippen LogP contribution in [0.4, 0.5) is 5.95 Å². The number of pyridine rings is 1. The number of hydrogen-bond acceptors (Lipinski definition) is 6. The van der Waals surface area contributed by atoms with Crippen molar-refractivity contribution in [2.45, 2.75) is 34.1 Å². The molecular weight excluding hydrogens is 310 g/mol. The van der Waals surface area contributed by atoms with E-state index in [1.165, 1.54) is 24.9 Å². The van der Waals surface area contributed by atoms with Crippen molar-refractivity contribution in [3.8, 4) is 5.95 Å². The van der Waals surface area contributed by atoms with Gasteiger partial charge in [-0.3, -0.25) is 14.6 Å². The fraction of sp³-hybridized carbons (Fsp3) is 0.333. The molecule has 3 rings (SSSR count). The normalized spacial score (nSPS) is 11.0. The van der Waals surface area contributed by atoms with Gasteiger partial charge in [-0.2, -0.15) is 14.8 Å². The Morgan fingerprint density at radius 3 is 2.58 bits per heavy atom. The van der Waals surface area contributed by atoms with Crippen molar-refractivity contribution in [2.75, 3.05) is 4.90 Å². The highest BCUT2D eigenvalue weighted by molar-refractivity contribution is 6.12. The van der Waals surface area contributed by atoms with Crippen LogP contribution < -0.4 is 4.90 Å². The number of aryl methyl sites for hydroxylation is 2. The van der Waals surface area contributed by atoms with Gasteiger partial charge in [-0.05, 0) is 13.3 Å². The van der Waals surface area contributed by atoms with Crippen molar-refractivity contribution < 1.29 is 9.59 Å². The molecule has 2 amide bonds. The first-order valence-electron chi connectivity index (χ1n) is 7.49. The van der Waals surface area contributed by atoms with Crippen LogP contribution in [0.25, 0.3) is 17.0 Å². The number of amides is 2. The van der Waals surface area contributed by atoms with E-state index >= 15 is 0 Å². The highest BCUT2D eigenvalue weighted by Gasteiger charge is 2.24. The molecule has 3 aromatic heterocycles. The molecule has 0 bridgehead atoms. The Kier molecular flexibility index (Phi) is 3.84. The van der Waals surface area contributed by atoms with Gasteiger partial charge in [0.05, 0.1) is 17.2 Å².